The first-order chi connectivity index (χ1) is 29.3. The average Bonchev–Trinajstić information content (AvgIpc) is 3.92. The Morgan fingerprint density at radius 2 is 0.983 bits per heavy atom. The first kappa shape index (κ1) is 31.1. The normalized spacial score (nSPS) is 12.4. The van der Waals surface area contributed by atoms with Crippen molar-refractivity contribution in [1.29, 1.82) is 0 Å². The molecule has 5 heteroatoms. The highest BCUT2D eigenvalue weighted by Crippen LogP contribution is 2.48. The Hall–Kier alpha value is -8.02. The van der Waals surface area contributed by atoms with Crippen molar-refractivity contribution >= 4 is 103 Å². The molecule has 0 N–H and O–H groups in total. The summed E-state index contributed by atoms with van der Waals surface area (Å²) in [4.78, 5) is 11.3. The Balaban J connectivity index is 1.29. The second kappa shape index (κ2) is 11.3. The second-order valence-corrected chi connectivity index (χ2v) is 15.7. The van der Waals surface area contributed by atoms with Gasteiger partial charge in [0.15, 0.2) is 0 Å². The van der Waals surface area contributed by atoms with Crippen molar-refractivity contribution in [2.24, 2.45) is 0 Å². The van der Waals surface area contributed by atoms with E-state index in [0.717, 1.165) is 60.8 Å². The van der Waals surface area contributed by atoms with E-state index in [-0.39, 0.29) is 0 Å². The van der Waals surface area contributed by atoms with E-state index >= 15 is 0 Å². The molecule has 272 valence electrons. The molecule has 59 heavy (non-hydrogen) atoms. The highest BCUT2D eigenvalue weighted by atomic mass is 15.2. The Morgan fingerprint density at radius 1 is 0.339 bits per heavy atom. The van der Waals surface area contributed by atoms with Crippen molar-refractivity contribution in [3.8, 4) is 22.9 Å². The number of fused-ring (bicyclic) bond motifs is 12. The molecule has 0 unspecified atom stereocenters. The van der Waals surface area contributed by atoms with Crippen LogP contribution in [0.5, 0.6) is 0 Å². The van der Waals surface area contributed by atoms with Gasteiger partial charge in [-0.2, -0.15) is 0 Å². The highest BCUT2D eigenvalue weighted by Gasteiger charge is 2.28. The monoisotopic (exact) mass is 749 g/mol. The van der Waals surface area contributed by atoms with E-state index in [1.54, 1.807) is 0 Å². The first-order valence-corrected chi connectivity index (χ1v) is 20.2. The molecule has 5 heterocycles. The Bertz CT molecular complexity index is 4060. The van der Waals surface area contributed by atoms with E-state index in [1.807, 2.05) is 0 Å². The zero-order valence-electron chi connectivity index (χ0n) is 31.6. The van der Waals surface area contributed by atoms with Crippen LogP contribution in [0.3, 0.4) is 0 Å². The van der Waals surface area contributed by atoms with Crippen LogP contribution in [0.25, 0.3) is 126 Å². The number of hydrogen-bond donors (Lipinski definition) is 0. The van der Waals surface area contributed by atoms with Gasteiger partial charge in [-0.05, 0) is 58.6 Å². The lowest BCUT2D eigenvalue weighted by molar-refractivity contribution is 1.02. The minimum atomic E-state index is 0.648. The number of benzene rings is 9. The molecule has 0 saturated carbocycles. The van der Waals surface area contributed by atoms with Gasteiger partial charge >= 0.3 is 0 Å². The third-order valence-corrected chi connectivity index (χ3v) is 12.7. The van der Waals surface area contributed by atoms with Gasteiger partial charge in [0.2, 0.25) is 5.95 Å². The number of aromatic nitrogens is 5. The predicted molar refractivity (Wildman–Crippen MR) is 246 cm³/mol. The van der Waals surface area contributed by atoms with Crippen LogP contribution in [-0.4, -0.2) is 23.5 Å². The van der Waals surface area contributed by atoms with Gasteiger partial charge in [-0.15, -0.1) is 0 Å². The van der Waals surface area contributed by atoms with Crippen LogP contribution in [0.2, 0.25) is 0 Å². The molecule has 9 aromatic carbocycles. The summed E-state index contributed by atoms with van der Waals surface area (Å²) in [5, 5.41) is 13.1. The summed E-state index contributed by atoms with van der Waals surface area (Å²) >= 11 is 0. The molecule has 0 radical (unpaired) electrons. The fraction of sp³-hybridized carbons (Fsp3) is 0. The van der Waals surface area contributed by atoms with Crippen LogP contribution >= 0.6 is 0 Å². The molecule has 0 aliphatic heterocycles. The molecule has 0 aliphatic carbocycles. The summed E-state index contributed by atoms with van der Waals surface area (Å²) in [6, 6.07) is 68.0. The van der Waals surface area contributed by atoms with E-state index < -0.39 is 0 Å². The maximum absolute atomic E-state index is 5.68. The topological polar surface area (TPSA) is 40.0 Å². The molecule has 0 amide bonds. The average molecular weight is 750 g/mol. The van der Waals surface area contributed by atoms with E-state index in [2.05, 4.69) is 202 Å². The lowest BCUT2D eigenvalue weighted by Crippen LogP contribution is -2.04. The third-order valence-electron chi connectivity index (χ3n) is 12.7. The number of rotatable bonds is 3. The van der Waals surface area contributed by atoms with Gasteiger partial charge in [0.25, 0.3) is 0 Å². The number of hydrogen-bond acceptors (Lipinski definition) is 2. The predicted octanol–water partition coefficient (Wildman–Crippen LogP) is 13.8. The summed E-state index contributed by atoms with van der Waals surface area (Å²) in [7, 11) is 0. The summed E-state index contributed by atoms with van der Waals surface area (Å²) in [6.45, 7) is 0. The van der Waals surface area contributed by atoms with Gasteiger partial charge in [-0.1, -0.05) is 146 Å². The highest BCUT2D eigenvalue weighted by molar-refractivity contribution is 6.37. The van der Waals surface area contributed by atoms with Crippen LogP contribution in [-0.2, 0) is 0 Å². The molecule has 0 fully saturated rings. The van der Waals surface area contributed by atoms with Crippen molar-refractivity contribution in [3.05, 3.63) is 188 Å². The Morgan fingerprint density at radius 3 is 1.83 bits per heavy atom. The van der Waals surface area contributed by atoms with E-state index in [1.165, 1.54) is 59.5 Å². The van der Waals surface area contributed by atoms with E-state index in [0.29, 0.717) is 5.95 Å². The van der Waals surface area contributed by atoms with Crippen LogP contribution < -0.4 is 0 Å². The van der Waals surface area contributed by atoms with Crippen molar-refractivity contribution in [3.63, 3.8) is 0 Å². The molecule has 5 aromatic heterocycles. The largest absolute Gasteiger partial charge is 0.309 e. The van der Waals surface area contributed by atoms with E-state index in [9.17, 15) is 0 Å². The van der Waals surface area contributed by atoms with Crippen molar-refractivity contribution < 1.29 is 0 Å². The molecule has 14 rings (SSSR count). The van der Waals surface area contributed by atoms with Gasteiger partial charge in [-0.3, -0.25) is 4.57 Å². The van der Waals surface area contributed by atoms with Gasteiger partial charge in [0, 0.05) is 54.3 Å². The second-order valence-electron chi connectivity index (χ2n) is 15.7. The van der Waals surface area contributed by atoms with Crippen molar-refractivity contribution in [2.75, 3.05) is 0 Å². The van der Waals surface area contributed by atoms with Crippen molar-refractivity contribution in [1.82, 2.24) is 23.5 Å². The Kier molecular flexibility index (Phi) is 5.96. The Labute approximate surface area is 336 Å². The molecule has 14 aromatic rings. The lowest BCUT2D eigenvalue weighted by Gasteiger charge is -2.14. The molecular formula is C54H31N5. The zero-order chi connectivity index (χ0) is 38.3. The molecule has 0 bridgehead atoms. The number of nitrogens with zero attached hydrogens (tertiary/aromatic N) is 5. The quantitative estimate of drug-likeness (QED) is 0.169. The minimum Gasteiger partial charge on any atom is -0.309 e. The van der Waals surface area contributed by atoms with E-state index in [4.69, 9.17) is 9.97 Å². The van der Waals surface area contributed by atoms with Crippen LogP contribution in [0.4, 0.5) is 0 Å². The molecule has 5 nitrogen and oxygen atoms in total. The van der Waals surface area contributed by atoms with Crippen molar-refractivity contribution in [2.45, 2.75) is 0 Å². The SMILES string of the molecule is c1ccc(-c2nc(-n3c4cccc5c6cccc7c8ccccc8n(c8cc9c(c%10ccccc%10n9-c9ccccc9)c3c8c54)c67)nc3ccc4ccccc4c23)cc1. The minimum absolute atomic E-state index is 0.648. The van der Waals surface area contributed by atoms with Gasteiger partial charge in [-0.25, -0.2) is 9.97 Å². The fourth-order valence-corrected chi connectivity index (χ4v) is 10.4. The van der Waals surface area contributed by atoms with Crippen LogP contribution in [0, 0.1) is 0 Å². The molecule has 0 spiro atoms. The van der Waals surface area contributed by atoms with Gasteiger partial charge in [0.05, 0.1) is 49.8 Å². The molecule has 0 atom stereocenters. The molecule has 0 saturated heterocycles. The summed E-state index contributed by atoms with van der Waals surface area (Å²) in [5.41, 5.74) is 12.0. The zero-order valence-corrected chi connectivity index (χ0v) is 31.6. The summed E-state index contributed by atoms with van der Waals surface area (Å²) < 4.78 is 7.34. The number of para-hydroxylation sites is 4. The standard InChI is InChI=1S/C54H31N5/c1-3-16-33(17-4-1)51-47-35-20-8-7-15-32(35)29-30-41(47)55-54(56-51)59-44-28-14-23-37-39-25-13-24-38-36-21-9-11-26-42(36)58(52(38)39)46-31-45-49(53(59)50(46)48(37)44)40-22-10-12-27-43(40)57(45)34-18-5-2-6-19-34/h1-31H. The fourth-order valence-electron chi connectivity index (χ4n) is 10.4. The van der Waals surface area contributed by atoms with Crippen LogP contribution in [0.15, 0.2) is 188 Å². The summed E-state index contributed by atoms with van der Waals surface area (Å²) in [5.74, 6) is 0.648. The first-order valence-electron chi connectivity index (χ1n) is 20.2. The maximum Gasteiger partial charge on any atom is 0.235 e. The molecule has 0 aliphatic rings. The molecular weight excluding hydrogens is 719 g/mol. The third kappa shape index (κ3) is 3.98. The maximum atomic E-state index is 5.68. The summed E-state index contributed by atoms with van der Waals surface area (Å²) in [6.07, 6.45) is 0. The van der Waals surface area contributed by atoms with Gasteiger partial charge in [0.1, 0.15) is 0 Å². The smallest absolute Gasteiger partial charge is 0.235 e. The lowest BCUT2D eigenvalue weighted by atomic mass is 10.0. The van der Waals surface area contributed by atoms with Gasteiger partial charge < -0.3 is 8.97 Å². The van der Waals surface area contributed by atoms with Crippen LogP contribution in [0.1, 0.15) is 0 Å².